The molecule has 1 aliphatic rings. The molecular weight excluding hydrogens is 260 g/mol. The first-order valence-corrected chi connectivity index (χ1v) is 6.76. The molecule has 1 fully saturated rings. The zero-order chi connectivity index (χ0) is 16.0. The van der Waals surface area contributed by atoms with Crippen LogP contribution in [0.1, 0.15) is 45.4 Å². The van der Waals surface area contributed by atoms with Crippen LogP contribution in [0.2, 0.25) is 0 Å². The number of carboxylic acids is 2. The lowest BCUT2D eigenvalue weighted by molar-refractivity contribution is -0.132. The van der Waals surface area contributed by atoms with Gasteiger partial charge in [0.05, 0.1) is 6.10 Å². The van der Waals surface area contributed by atoms with Crippen LogP contribution in [-0.4, -0.2) is 33.4 Å². The SMILES string of the molecule is C=CC(=O)O.C=CC(=O)O.CCCC1CCC(O)CC1. The Bertz CT molecular complexity index is 273. The van der Waals surface area contributed by atoms with E-state index in [0.717, 1.165) is 30.9 Å². The number of hydrogen-bond donors (Lipinski definition) is 3. The Labute approximate surface area is 120 Å². The normalized spacial score (nSPS) is 20.3. The molecule has 0 amide bonds. The zero-order valence-corrected chi connectivity index (χ0v) is 12.1. The summed E-state index contributed by atoms with van der Waals surface area (Å²) in [4.78, 5) is 18.5. The Morgan fingerprint density at radius 3 is 1.65 bits per heavy atom. The molecule has 1 saturated carbocycles. The minimum atomic E-state index is -0.981. The molecule has 0 aromatic carbocycles. The van der Waals surface area contributed by atoms with Crippen molar-refractivity contribution < 1.29 is 24.9 Å². The minimum Gasteiger partial charge on any atom is -0.478 e. The summed E-state index contributed by atoms with van der Waals surface area (Å²) in [6.45, 7) is 8.16. The van der Waals surface area contributed by atoms with Gasteiger partial charge < -0.3 is 15.3 Å². The van der Waals surface area contributed by atoms with Crippen molar-refractivity contribution in [3.63, 3.8) is 0 Å². The third kappa shape index (κ3) is 16.4. The van der Waals surface area contributed by atoms with Crippen molar-refractivity contribution in [2.24, 2.45) is 5.92 Å². The van der Waals surface area contributed by atoms with Crippen molar-refractivity contribution in [2.75, 3.05) is 0 Å². The quantitative estimate of drug-likeness (QED) is 0.691. The highest BCUT2D eigenvalue weighted by Crippen LogP contribution is 2.27. The van der Waals surface area contributed by atoms with E-state index < -0.39 is 11.9 Å². The molecule has 5 heteroatoms. The van der Waals surface area contributed by atoms with Gasteiger partial charge in [0.25, 0.3) is 0 Å². The minimum absolute atomic E-state index is 0.0214. The average molecular weight is 286 g/mol. The molecule has 0 atom stereocenters. The van der Waals surface area contributed by atoms with Gasteiger partial charge in [-0.1, -0.05) is 32.9 Å². The number of aliphatic hydroxyl groups excluding tert-OH is 1. The van der Waals surface area contributed by atoms with Crippen LogP contribution in [0.15, 0.2) is 25.3 Å². The van der Waals surface area contributed by atoms with Crippen LogP contribution < -0.4 is 0 Å². The molecule has 0 aliphatic heterocycles. The second-order valence-corrected chi connectivity index (χ2v) is 4.55. The fourth-order valence-electron chi connectivity index (χ4n) is 1.84. The predicted molar refractivity (Wildman–Crippen MR) is 78.5 cm³/mol. The number of carbonyl (C=O) groups is 2. The molecule has 0 spiro atoms. The van der Waals surface area contributed by atoms with Gasteiger partial charge in [0.2, 0.25) is 0 Å². The Balaban J connectivity index is 0. The Morgan fingerprint density at radius 1 is 1.05 bits per heavy atom. The fraction of sp³-hybridized carbons (Fsp3) is 0.600. The second-order valence-electron chi connectivity index (χ2n) is 4.55. The summed E-state index contributed by atoms with van der Waals surface area (Å²) in [5.41, 5.74) is 0. The summed E-state index contributed by atoms with van der Waals surface area (Å²) >= 11 is 0. The van der Waals surface area contributed by atoms with E-state index in [4.69, 9.17) is 10.2 Å². The highest BCUT2D eigenvalue weighted by atomic mass is 16.4. The average Bonchev–Trinajstić information content (AvgIpc) is 2.43. The zero-order valence-electron chi connectivity index (χ0n) is 12.1. The highest BCUT2D eigenvalue weighted by Gasteiger charge is 2.17. The van der Waals surface area contributed by atoms with E-state index in [1.807, 2.05) is 0 Å². The first kappa shape index (κ1) is 20.7. The summed E-state index contributed by atoms with van der Waals surface area (Å²) in [5, 5.41) is 24.4. The van der Waals surface area contributed by atoms with E-state index in [1.54, 1.807) is 0 Å². The molecule has 0 bridgehead atoms. The van der Waals surface area contributed by atoms with E-state index in [0.29, 0.717) is 0 Å². The van der Waals surface area contributed by atoms with Gasteiger partial charge in [-0.25, -0.2) is 9.59 Å². The van der Waals surface area contributed by atoms with Crippen LogP contribution in [0.4, 0.5) is 0 Å². The first-order chi connectivity index (χ1) is 9.37. The molecule has 1 rings (SSSR count). The molecule has 0 heterocycles. The van der Waals surface area contributed by atoms with E-state index in [9.17, 15) is 14.7 Å². The number of rotatable bonds is 4. The topological polar surface area (TPSA) is 94.8 Å². The van der Waals surface area contributed by atoms with Crippen LogP contribution in [0, 0.1) is 5.92 Å². The summed E-state index contributed by atoms with van der Waals surface area (Å²) in [6, 6.07) is 0. The van der Waals surface area contributed by atoms with Gasteiger partial charge in [-0.2, -0.15) is 0 Å². The Hall–Kier alpha value is -1.62. The van der Waals surface area contributed by atoms with Crippen molar-refractivity contribution in [1.29, 1.82) is 0 Å². The van der Waals surface area contributed by atoms with Gasteiger partial charge in [-0.3, -0.25) is 0 Å². The Morgan fingerprint density at radius 2 is 1.40 bits per heavy atom. The van der Waals surface area contributed by atoms with Crippen LogP contribution in [-0.2, 0) is 9.59 Å². The fourth-order valence-corrected chi connectivity index (χ4v) is 1.84. The maximum atomic E-state index is 9.25. The summed E-state index contributed by atoms with van der Waals surface area (Å²) in [7, 11) is 0. The highest BCUT2D eigenvalue weighted by molar-refractivity contribution is 5.79. The van der Waals surface area contributed by atoms with Crippen LogP contribution >= 0.6 is 0 Å². The van der Waals surface area contributed by atoms with Crippen molar-refractivity contribution in [3.8, 4) is 0 Å². The number of carboxylic acid groups (broad SMARTS) is 2. The van der Waals surface area contributed by atoms with Crippen molar-refractivity contribution in [3.05, 3.63) is 25.3 Å². The standard InChI is InChI=1S/C9H18O.2C3H4O2/c1-2-3-8-4-6-9(10)7-5-8;2*1-2-3(4)5/h8-10H,2-7H2,1H3;2*2H,1H2,(H,4,5). The van der Waals surface area contributed by atoms with Gasteiger partial charge >= 0.3 is 11.9 Å². The molecule has 5 nitrogen and oxygen atoms in total. The van der Waals surface area contributed by atoms with Crippen LogP contribution in [0.3, 0.4) is 0 Å². The summed E-state index contributed by atoms with van der Waals surface area (Å²) in [5.74, 6) is -1.04. The molecule has 3 N–H and O–H groups in total. The molecule has 20 heavy (non-hydrogen) atoms. The lowest BCUT2D eigenvalue weighted by Gasteiger charge is -2.24. The largest absolute Gasteiger partial charge is 0.478 e. The number of hydrogen-bond acceptors (Lipinski definition) is 3. The maximum Gasteiger partial charge on any atom is 0.327 e. The monoisotopic (exact) mass is 286 g/mol. The van der Waals surface area contributed by atoms with Gasteiger partial charge in [-0.15, -0.1) is 0 Å². The van der Waals surface area contributed by atoms with Crippen LogP contribution in [0.5, 0.6) is 0 Å². The maximum absolute atomic E-state index is 9.25. The van der Waals surface area contributed by atoms with Gasteiger partial charge in [0, 0.05) is 12.2 Å². The van der Waals surface area contributed by atoms with Gasteiger partial charge in [0.1, 0.15) is 0 Å². The third-order valence-electron chi connectivity index (χ3n) is 2.86. The second kappa shape index (κ2) is 13.8. The molecule has 116 valence electrons. The molecule has 0 unspecified atom stereocenters. The van der Waals surface area contributed by atoms with Gasteiger partial charge in [0.15, 0.2) is 0 Å². The van der Waals surface area contributed by atoms with Crippen molar-refractivity contribution in [1.82, 2.24) is 0 Å². The number of aliphatic carboxylic acids is 2. The first-order valence-electron chi connectivity index (χ1n) is 6.76. The molecule has 1 aliphatic carbocycles. The van der Waals surface area contributed by atoms with E-state index >= 15 is 0 Å². The van der Waals surface area contributed by atoms with Crippen molar-refractivity contribution >= 4 is 11.9 Å². The molecular formula is C15H26O5. The molecule has 0 aromatic rings. The molecule has 0 saturated heterocycles. The smallest absolute Gasteiger partial charge is 0.327 e. The lowest BCUT2D eigenvalue weighted by Crippen LogP contribution is -2.17. The van der Waals surface area contributed by atoms with Gasteiger partial charge in [-0.05, 0) is 31.6 Å². The molecule has 0 aromatic heterocycles. The van der Waals surface area contributed by atoms with E-state index in [1.165, 1.54) is 25.7 Å². The summed E-state index contributed by atoms with van der Waals surface area (Å²) < 4.78 is 0. The van der Waals surface area contributed by atoms with Crippen LogP contribution in [0.25, 0.3) is 0 Å². The van der Waals surface area contributed by atoms with E-state index in [-0.39, 0.29) is 6.10 Å². The number of aliphatic hydroxyl groups is 1. The Kier molecular flexibility index (Phi) is 14.3. The molecule has 0 radical (unpaired) electrons. The predicted octanol–water partition coefficient (Wildman–Crippen LogP) is 2.85. The van der Waals surface area contributed by atoms with E-state index in [2.05, 4.69) is 20.1 Å². The third-order valence-corrected chi connectivity index (χ3v) is 2.86. The van der Waals surface area contributed by atoms with Crippen molar-refractivity contribution in [2.45, 2.75) is 51.6 Å². The summed E-state index contributed by atoms with van der Waals surface area (Å²) in [6.07, 6.45) is 8.97. The lowest BCUT2D eigenvalue weighted by atomic mass is 9.85.